The Labute approximate surface area is 812 Å². The van der Waals surface area contributed by atoms with E-state index < -0.39 is 87.2 Å². The maximum Gasteiger partial charge on any atom is 0.505 e. The summed E-state index contributed by atoms with van der Waals surface area (Å²) in [6.45, 7) is 77.2. The number of carbonyl (C=O) groups is 7. The third-order valence-electron chi connectivity index (χ3n) is 17.4. The van der Waals surface area contributed by atoms with Crippen LogP contribution in [0, 0.1) is 0 Å². The normalized spacial score (nSPS) is 12.1. The first-order valence-electron chi connectivity index (χ1n) is 44.8. The third kappa shape index (κ3) is 72.0. The van der Waals surface area contributed by atoms with E-state index in [-0.39, 0.29) is 84.7 Å². The summed E-state index contributed by atoms with van der Waals surface area (Å²) in [6, 6.07) is 4.12. The topological polar surface area (TPSA) is 398 Å². The van der Waals surface area contributed by atoms with Crippen molar-refractivity contribution >= 4 is 112 Å². The van der Waals surface area contributed by atoms with Crippen molar-refractivity contribution in [3.05, 3.63) is 101 Å². The largest absolute Gasteiger partial charge is 0.505 e. The quantitative estimate of drug-likeness (QED) is 0.0163. The first-order valence-corrected chi connectivity index (χ1v) is 60.8. The molecule has 0 aliphatic heterocycles. The molecule has 133 heavy (non-hydrogen) atoms. The third-order valence-corrected chi connectivity index (χ3v) is 42.8. The Morgan fingerprint density at radius 3 is 0.940 bits per heavy atom. The lowest BCUT2D eigenvalue weighted by Gasteiger charge is -2.35. The van der Waals surface area contributed by atoms with Crippen molar-refractivity contribution in [3.63, 3.8) is 0 Å². The van der Waals surface area contributed by atoms with E-state index in [0.29, 0.717) is 88.9 Å². The summed E-state index contributed by atoms with van der Waals surface area (Å²) in [7, 11) is 2.62. The number of nitrogens with zero attached hydrogens (tertiary/aromatic N) is 2. The Kier molecular flexibility index (Phi) is 87.1. The highest BCUT2D eigenvalue weighted by atomic mass is 28.4. The van der Waals surface area contributed by atoms with Crippen LogP contribution in [0.1, 0.15) is 172 Å². The van der Waals surface area contributed by atoms with E-state index in [1.54, 1.807) is 95.9 Å². The molecule has 784 valence electrons. The van der Waals surface area contributed by atoms with E-state index in [2.05, 4.69) is 79.2 Å². The number of hydrogen-bond donors (Lipinski definition) is 5. The Hall–Kier alpha value is -4.97. The minimum Gasteiger partial charge on any atom is -0.463 e. The van der Waals surface area contributed by atoms with Gasteiger partial charge in [0.25, 0.3) is 0 Å². The van der Waals surface area contributed by atoms with Crippen molar-refractivity contribution in [1.29, 1.82) is 0 Å². The minimum atomic E-state index is -2.88. The standard InChI is InChI=1S/C15H31NO4Si.C14H28O5Si.C13H27NO4Si.2C10H21NO4Si.C9H19NO4Si.C9H19NO3Si.C8H19NO2Si/c1-8-15(17)16-10-9-11-21(18-12(2)3,19-13(4)5)20-14(6)7;1-8-14(15)16-9-10-20(17-11(2)3,18-12(4)5)19-13(6)7;1-7-12(15)14-13(5,6)11-19(16-8-2,17-9-3)18-10-4;1-7-9(12)11-10(2,3)8-16(13-4,14-5)15-6;1-6-10(12)11(2)8-7-9-16(13-3,14-4)15-5;1-6-9(11)10-8(2)7-15(12-3,13-4)14-5;1-5-9(11)10-7-6-8-14(4,12-2)13-3;1-6-10-12(8-3,9(4)5)11-7-2/h8,12-14H,1,9-11H2,2-7H3,(H,16,17);8,11-13H,1,9-10H2,2-7H3;7H,1,8-11H2,2-6H3,(H,14,15);7H,1,8H2,2-6H3,(H,11,12);6H,1,7-9H2,2-5H3;6,8H,1,7H2,2-5H3,(H,10,11);5H,1,6-8H2,2-4H3,(H,10,11);8H,3,6-7H2,1-2,4-5H3. The molecule has 0 aromatic rings. The Balaban J connectivity index is -0.000000225. The molecule has 0 heterocycles. The second kappa shape index (κ2) is 80.8. The summed E-state index contributed by atoms with van der Waals surface area (Å²) in [4.78, 5) is 79.6. The lowest BCUT2D eigenvalue weighted by molar-refractivity contribution is -0.137. The van der Waals surface area contributed by atoms with E-state index in [1.165, 1.54) is 36.5 Å². The molecule has 0 saturated heterocycles. The maximum atomic E-state index is 11.5. The van der Waals surface area contributed by atoms with Gasteiger partial charge in [0.1, 0.15) is 0 Å². The van der Waals surface area contributed by atoms with Crippen LogP contribution in [0.4, 0.5) is 0 Å². The van der Waals surface area contributed by atoms with Gasteiger partial charge >= 0.3 is 76.1 Å². The van der Waals surface area contributed by atoms with Gasteiger partial charge in [0.2, 0.25) is 35.4 Å². The van der Waals surface area contributed by atoms with E-state index in [4.69, 9.17) is 102 Å². The molecule has 1 unspecified atom stereocenters. The molecule has 0 aromatic heterocycles. The summed E-state index contributed by atoms with van der Waals surface area (Å²) in [6.07, 6.45) is 11.1. The number of ether oxygens (including phenoxy) is 1. The fourth-order valence-electron chi connectivity index (χ4n) is 11.5. The predicted molar refractivity (Wildman–Crippen MR) is 544 cm³/mol. The first kappa shape index (κ1) is 143. The number of carbonyl (C=O) groups excluding carboxylic acids is 7. The SMILES string of the molecule is C=CC(=O)N(C)CCC[Si](OC)(OC)OC.C=CC(=O)NC(C)(C)C[Si](OC)(OC)OC.C=CC(=O)NC(C)(C)C[Si](OCC)(OCC)OCC.C=CC(=O)NC(C)C[Si](OC)(OC)OC.C=CC(=O)NCCC[Si](C)(OC)OC.C=CC(=O)NCCC[Si](OC(C)C)(OC(C)C)OC(C)C.C=CC(=O)OCC[Si](OC(C)C)(OC(C)C)OC(C)C.C=C[Si](OCC)(OCC)N(C)C. The number of esters is 1. The van der Waals surface area contributed by atoms with Gasteiger partial charge in [-0.05, 0) is 240 Å². The van der Waals surface area contributed by atoms with Crippen molar-refractivity contribution in [3.8, 4) is 0 Å². The van der Waals surface area contributed by atoms with Gasteiger partial charge in [0, 0.05) is 228 Å². The molecule has 1 atom stereocenters. The van der Waals surface area contributed by atoms with Crippen molar-refractivity contribution in [2.75, 3.05) is 159 Å². The van der Waals surface area contributed by atoms with Crippen LogP contribution in [0.25, 0.3) is 0 Å². The number of likely N-dealkylation sites (N-methyl/N-ethyl adjacent to an activating group) is 1. The molecule has 0 aliphatic rings. The fraction of sp³-hybridized carbons (Fsp3) is 0.739. The Morgan fingerprint density at radius 1 is 0.361 bits per heavy atom. The second-order valence-electron chi connectivity index (χ2n) is 32.1. The zero-order valence-corrected chi connectivity index (χ0v) is 96.9. The highest BCUT2D eigenvalue weighted by molar-refractivity contribution is 6.69. The van der Waals surface area contributed by atoms with E-state index in [0.717, 1.165) is 31.4 Å². The van der Waals surface area contributed by atoms with Crippen LogP contribution >= 0.6 is 0 Å². The van der Waals surface area contributed by atoms with Crippen LogP contribution in [0.3, 0.4) is 0 Å². The molecule has 0 radical (unpaired) electrons. The summed E-state index contributed by atoms with van der Waals surface area (Å²) < 4.78 is 130. The summed E-state index contributed by atoms with van der Waals surface area (Å²) >= 11 is 0. The molecule has 0 rings (SSSR count). The zero-order chi connectivity index (χ0) is 105. The average Bonchev–Trinajstić information content (AvgIpc) is 0.825. The van der Waals surface area contributed by atoms with E-state index in [9.17, 15) is 33.6 Å². The zero-order valence-electron chi connectivity index (χ0n) is 88.9. The van der Waals surface area contributed by atoms with Crippen molar-refractivity contribution in [2.24, 2.45) is 0 Å². The van der Waals surface area contributed by atoms with Gasteiger partial charge in [-0.2, -0.15) is 0 Å². The van der Waals surface area contributed by atoms with Crippen molar-refractivity contribution in [2.45, 2.75) is 274 Å². The molecule has 6 amide bonds. The fourth-order valence-corrected chi connectivity index (χ4v) is 30.0. The van der Waals surface area contributed by atoms with E-state index >= 15 is 0 Å². The lowest BCUT2D eigenvalue weighted by Crippen LogP contribution is -2.55. The van der Waals surface area contributed by atoms with Gasteiger partial charge < -0.3 is 134 Å². The average molecular weight is 2050 g/mol. The van der Waals surface area contributed by atoms with Gasteiger partial charge in [-0.3, -0.25) is 33.3 Å². The number of nitrogens with one attached hydrogen (secondary N) is 5. The van der Waals surface area contributed by atoms with Crippen LogP contribution in [0.15, 0.2) is 101 Å². The minimum absolute atomic E-state index is 0.0192. The van der Waals surface area contributed by atoms with Crippen molar-refractivity contribution in [1.82, 2.24) is 36.0 Å². The molecule has 45 heteroatoms. The molecular weight excluding hydrogens is 1860 g/mol. The molecular formula is C88H185N7O30Si8. The monoisotopic (exact) mass is 2040 g/mol. The molecule has 37 nitrogen and oxygen atoms in total. The van der Waals surface area contributed by atoms with E-state index in [1.807, 2.05) is 178 Å². The highest BCUT2D eigenvalue weighted by Gasteiger charge is 2.49. The Bertz CT molecular complexity index is 3040. The first-order chi connectivity index (χ1) is 61.9. The summed E-state index contributed by atoms with van der Waals surface area (Å²) in [5.74, 6) is -1.49. The van der Waals surface area contributed by atoms with Crippen LogP contribution in [0.2, 0.25) is 48.9 Å². The lowest BCUT2D eigenvalue weighted by atomic mass is 10.1. The second-order valence-corrected chi connectivity index (χ2v) is 55.6. The maximum absolute atomic E-state index is 11.5. The van der Waals surface area contributed by atoms with Gasteiger partial charge in [0.05, 0.1) is 12.7 Å². The summed E-state index contributed by atoms with van der Waals surface area (Å²) in [5.41, 5.74) is 0.858. The smallest absolute Gasteiger partial charge is 0.463 e. The van der Waals surface area contributed by atoms with Crippen LogP contribution in [-0.4, -0.2) is 333 Å². The molecule has 0 spiro atoms. The number of hydrogen-bond acceptors (Lipinski definition) is 31. The molecule has 5 N–H and O–H groups in total. The van der Waals surface area contributed by atoms with Gasteiger partial charge in [0.15, 0.2) is 0 Å². The number of amides is 6. The van der Waals surface area contributed by atoms with Crippen LogP contribution in [-0.2, 0) is 136 Å². The Morgan fingerprint density at radius 2 is 0.669 bits per heavy atom. The molecule has 0 bridgehead atoms. The highest BCUT2D eigenvalue weighted by Crippen LogP contribution is 2.28. The molecule has 0 fully saturated rings. The summed E-state index contributed by atoms with van der Waals surface area (Å²) in [5, 5.41) is 13.9. The molecule has 0 saturated carbocycles. The van der Waals surface area contributed by atoms with Crippen LogP contribution < -0.4 is 26.6 Å². The van der Waals surface area contributed by atoms with Crippen molar-refractivity contribution < 1.29 is 136 Å². The molecule has 0 aliphatic carbocycles. The number of rotatable bonds is 66. The van der Waals surface area contributed by atoms with Gasteiger partial charge in [-0.15, -0.1) is 6.58 Å². The predicted octanol–water partition coefficient (Wildman–Crippen LogP) is 12.7. The molecule has 0 aromatic carbocycles. The van der Waals surface area contributed by atoms with Gasteiger partial charge in [-0.1, -0.05) is 46.1 Å². The van der Waals surface area contributed by atoms with Crippen LogP contribution in [0.5, 0.6) is 0 Å². The van der Waals surface area contributed by atoms with Gasteiger partial charge in [-0.25, -0.2) is 4.79 Å².